The van der Waals surface area contributed by atoms with E-state index >= 15 is 0 Å². The normalized spacial score (nSPS) is 17.3. The van der Waals surface area contributed by atoms with Crippen molar-refractivity contribution in [1.29, 1.82) is 0 Å². The lowest BCUT2D eigenvalue weighted by molar-refractivity contribution is 0.574. The SMILES string of the molecule is CC(C)c1cnn2c(N[C@H]3CCC4=C(C3)c3cc(F)cc(F)c3C4)nc(-c3cncc(F)c3)nc12. The van der Waals surface area contributed by atoms with Gasteiger partial charge >= 0.3 is 0 Å². The lowest BCUT2D eigenvalue weighted by atomic mass is 9.88. The van der Waals surface area contributed by atoms with Gasteiger partial charge in [0, 0.05) is 29.4 Å². The number of aromatic nitrogens is 5. The van der Waals surface area contributed by atoms with Crippen molar-refractivity contribution in [2.75, 3.05) is 5.32 Å². The van der Waals surface area contributed by atoms with E-state index < -0.39 is 17.5 Å². The maximum atomic E-state index is 14.4. The van der Waals surface area contributed by atoms with Gasteiger partial charge in [0.05, 0.1) is 12.4 Å². The molecule has 2 aliphatic rings. The highest BCUT2D eigenvalue weighted by atomic mass is 19.1. The molecule has 1 aromatic carbocycles. The molecule has 0 aliphatic heterocycles. The second-order valence-electron chi connectivity index (χ2n) is 9.51. The maximum Gasteiger partial charge on any atom is 0.228 e. The number of halogens is 3. The van der Waals surface area contributed by atoms with Crippen LogP contribution in [0, 0.1) is 17.5 Å². The van der Waals surface area contributed by atoms with Crippen molar-refractivity contribution < 1.29 is 13.2 Å². The second kappa shape index (κ2) is 8.18. The number of allylic oxidation sites excluding steroid dienone is 1. The maximum absolute atomic E-state index is 14.4. The Balaban J connectivity index is 1.38. The van der Waals surface area contributed by atoms with Crippen LogP contribution in [0.3, 0.4) is 0 Å². The van der Waals surface area contributed by atoms with Crippen LogP contribution in [-0.2, 0) is 6.42 Å². The number of rotatable bonds is 4. The first-order valence-electron chi connectivity index (χ1n) is 11.7. The molecule has 178 valence electrons. The molecule has 0 unspecified atom stereocenters. The van der Waals surface area contributed by atoms with Gasteiger partial charge < -0.3 is 5.32 Å². The number of fused-ring (bicyclic) bond motifs is 3. The average Bonchev–Trinajstić information content (AvgIpc) is 3.41. The smallest absolute Gasteiger partial charge is 0.228 e. The molecular weight excluding hydrogens is 453 g/mol. The van der Waals surface area contributed by atoms with E-state index in [1.54, 1.807) is 10.7 Å². The van der Waals surface area contributed by atoms with Gasteiger partial charge in [-0.1, -0.05) is 19.4 Å². The minimum absolute atomic E-state index is 0.0192. The summed E-state index contributed by atoms with van der Waals surface area (Å²) in [6.07, 6.45) is 7.19. The van der Waals surface area contributed by atoms with Crippen molar-refractivity contribution >= 4 is 17.2 Å². The molecule has 0 amide bonds. The predicted octanol–water partition coefficient (Wildman–Crippen LogP) is 5.70. The summed E-state index contributed by atoms with van der Waals surface area (Å²) in [7, 11) is 0. The van der Waals surface area contributed by atoms with E-state index in [9.17, 15) is 13.2 Å². The van der Waals surface area contributed by atoms with Crippen molar-refractivity contribution in [1.82, 2.24) is 24.6 Å². The summed E-state index contributed by atoms with van der Waals surface area (Å²) in [5.74, 6) is -0.504. The van der Waals surface area contributed by atoms with Crippen molar-refractivity contribution in [3.63, 3.8) is 0 Å². The lowest BCUT2D eigenvalue weighted by Crippen LogP contribution is -2.25. The van der Waals surface area contributed by atoms with Crippen LogP contribution in [0.25, 0.3) is 22.6 Å². The third kappa shape index (κ3) is 3.75. The molecule has 0 fully saturated rings. The summed E-state index contributed by atoms with van der Waals surface area (Å²) >= 11 is 0. The Labute approximate surface area is 200 Å². The van der Waals surface area contributed by atoms with Gasteiger partial charge in [-0.2, -0.15) is 14.6 Å². The fourth-order valence-electron chi connectivity index (χ4n) is 5.12. The number of nitrogens with zero attached hydrogens (tertiary/aromatic N) is 5. The largest absolute Gasteiger partial charge is 0.351 e. The Morgan fingerprint density at radius 1 is 1.03 bits per heavy atom. The number of hydrogen-bond acceptors (Lipinski definition) is 5. The molecular formula is C26H23F3N6. The summed E-state index contributed by atoms with van der Waals surface area (Å²) < 4.78 is 43.9. The van der Waals surface area contributed by atoms with E-state index in [0.717, 1.165) is 36.2 Å². The lowest BCUT2D eigenvalue weighted by Gasteiger charge is -2.26. The number of anilines is 1. The van der Waals surface area contributed by atoms with Crippen LogP contribution >= 0.6 is 0 Å². The molecule has 4 aromatic rings. The zero-order valence-corrected chi connectivity index (χ0v) is 19.3. The van der Waals surface area contributed by atoms with Gasteiger partial charge in [0.25, 0.3) is 0 Å². The topological polar surface area (TPSA) is 68.0 Å². The highest BCUT2D eigenvalue weighted by Gasteiger charge is 2.31. The van der Waals surface area contributed by atoms with E-state index in [1.807, 2.05) is 0 Å². The Bertz CT molecular complexity index is 1510. The average molecular weight is 477 g/mol. The summed E-state index contributed by atoms with van der Waals surface area (Å²) in [4.78, 5) is 13.3. The molecule has 6 rings (SSSR count). The van der Waals surface area contributed by atoms with Gasteiger partial charge in [-0.15, -0.1) is 0 Å². The second-order valence-corrected chi connectivity index (χ2v) is 9.51. The number of nitrogens with one attached hydrogen (secondary N) is 1. The molecule has 1 N–H and O–H groups in total. The third-order valence-electron chi connectivity index (χ3n) is 6.86. The quantitative estimate of drug-likeness (QED) is 0.409. The molecule has 35 heavy (non-hydrogen) atoms. The fourth-order valence-corrected chi connectivity index (χ4v) is 5.12. The molecule has 9 heteroatoms. The molecule has 0 radical (unpaired) electrons. The van der Waals surface area contributed by atoms with E-state index in [1.165, 1.54) is 23.9 Å². The highest BCUT2D eigenvalue weighted by molar-refractivity contribution is 5.78. The summed E-state index contributed by atoms with van der Waals surface area (Å²) in [5, 5.41) is 8.00. The minimum Gasteiger partial charge on any atom is -0.351 e. The zero-order chi connectivity index (χ0) is 24.3. The van der Waals surface area contributed by atoms with Crippen LogP contribution in [0.4, 0.5) is 19.1 Å². The minimum atomic E-state index is -0.561. The number of hydrogen-bond donors (Lipinski definition) is 1. The van der Waals surface area contributed by atoms with Crippen LogP contribution in [0.1, 0.15) is 55.7 Å². The predicted molar refractivity (Wildman–Crippen MR) is 126 cm³/mol. The van der Waals surface area contributed by atoms with Crippen LogP contribution in [0.2, 0.25) is 0 Å². The van der Waals surface area contributed by atoms with Crippen LogP contribution in [0.15, 0.2) is 42.4 Å². The molecule has 6 nitrogen and oxygen atoms in total. The van der Waals surface area contributed by atoms with Crippen molar-refractivity contribution in [3.8, 4) is 11.4 Å². The van der Waals surface area contributed by atoms with Crippen molar-refractivity contribution in [2.45, 2.75) is 51.5 Å². The number of pyridine rings is 1. The monoisotopic (exact) mass is 476 g/mol. The first-order valence-corrected chi connectivity index (χ1v) is 11.7. The van der Waals surface area contributed by atoms with Crippen LogP contribution in [-0.4, -0.2) is 30.6 Å². The summed E-state index contributed by atoms with van der Waals surface area (Å²) in [6, 6.07) is 3.72. The van der Waals surface area contributed by atoms with Gasteiger partial charge in [-0.05, 0) is 60.4 Å². The van der Waals surface area contributed by atoms with Crippen molar-refractivity contribution in [2.24, 2.45) is 0 Å². The molecule has 3 aromatic heterocycles. The van der Waals surface area contributed by atoms with E-state index in [2.05, 4.69) is 39.2 Å². The molecule has 0 saturated carbocycles. The zero-order valence-electron chi connectivity index (χ0n) is 19.3. The molecule has 2 aliphatic carbocycles. The number of benzene rings is 1. The van der Waals surface area contributed by atoms with Gasteiger partial charge in [0.15, 0.2) is 11.5 Å². The van der Waals surface area contributed by atoms with Gasteiger partial charge in [-0.25, -0.2) is 18.2 Å². The third-order valence-corrected chi connectivity index (χ3v) is 6.86. The van der Waals surface area contributed by atoms with Gasteiger partial charge in [-0.3, -0.25) is 4.98 Å². The molecule has 3 heterocycles. The fraction of sp³-hybridized carbons (Fsp3) is 0.308. The van der Waals surface area contributed by atoms with Crippen LogP contribution in [0.5, 0.6) is 0 Å². The van der Waals surface area contributed by atoms with E-state index in [4.69, 9.17) is 0 Å². The van der Waals surface area contributed by atoms with Crippen LogP contribution < -0.4 is 5.32 Å². The first kappa shape index (κ1) is 21.8. The van der Waals surface area contributed by atoms with Crippen molar-refractivity contribution in [3.05, 3.63) is 76.5 Å². The highest BCUT2D eigenvalue weighted by Crippen LogP contribution is 2.43. The van der Waals surface area contributed by atoms with E-state index in [0.29, 0.717) is 47.0 Å². The first-order chi connectivity index (χ1) is 16.9. The Morgan fingerprint density at radius 2 is 1.89 bits per heavy atom. The standard InChI is InChI=1S/C26H23F3N6/c1-13(2)22-12-31-35-25(22)33-24(15-5-17(28)11-30-10-15)34-26(35)32-18-4-3-14-6-21-20(19(14)9-18)7-16(27)8-23(21)29/h5,7-8,10-13,18H,3-4,6,9H2,1-2H3,(H,32,33,34)/t18-/m0/s1. The molecule has 0 bridgehead atoms. The Hall–Kier alpha value is -3.75. The molecule has 0 saturated heterocycles. The van der Waals surface area contributed by atoms with E-state index in [-0.39, 0.29) is 12.0 Å². The summed E-state index contributed by atoms with van der Waals surface area (Å²) in [6.45, 7) is 4.11. The molecule has 0 spiro atoms. The Kier molecular flexibility index (Phi) is 5.09. The molecule has 1 atom stereocenters. The van der Waals surface area contributed by atoms with Gasteiger partial charge in [0.2, 0.25) is 5.95 Å². The summed E-state index contributed by atoms with van der Waals surface area (Å²) in [5.41, 5.74) is 5.48. The van der Waals surface area contributed by atoms with Gasteiger partial charge in [0.1, 0.15) is 17.5 Å². The Morgan fingerprint density at radius 3 is 2.69 bits per heavy atom.